The Kier molecular flexibility index (Phi) is 5.23. The number of para-hydroxylation sites is 1. The number of fused-ring (bicyclic) bond motifs is 1. The van der Waals surface area contributed by atoms with E-state index in [1.54, 1.807) is 4.57 Å². The second-order valence-corrected chi connectivity index (χ2v) is 7.50. The molecule has 2 aromatic carbocycles. The molecule has 0 radical (unpaired) electrons. The number of rotatable bonds is 5. The summed E-state index contributed by atoms with van der Waals surface area (Å²) < 4.78 is 7.50. The van der Waals surface area contributed by atoms with Gasteiger partial charge in [-0.15, -0.1) is 0 Å². The van der Waals surface area contributed by atoms with Gasteiger partial charge in [-0.1, -0.05) is 36.0 Å². The van der Waals surface area contributed by atoms with Crippen molar-refractivity contribution in [3.05, 3.63) is 70.0 Å². The largest absolute Gasteiger partial charge is 0.376 e. The zero-order valence-corrected chi connectivity index (χ0v) is 15.6. The second kappa shape index (κ2) is 7.95. The minimum Gasteiger partial charge on any atom is -0.376 e. The van der Waals surface area contributed by atoms with E-state index in [9.17, 15) is 4.79 Å². The van der Waals surface area contributed by atoms with Crippen LogP contribution in [-0.2, 0) is 17.0 Å². The predicted molar refractivity (Wildman–Crippen MR) is 106 cm³/mol. The number of thioether (sulfide) groups is 1. The Hall–Kier alpha value is -2.62. The molecule has 0 unspecified atom stereocenters. The summed E-state index contributed by atoms with van der Waals surface area (Å²) in [4.78, 5) is 17.8. The van der Waals surface area contributed by atoms with Gasteiger partial charge in [0.15, 0.2) is 5.16 Å². The fourth-order valence-corrected chi connectivity index (χ4v) is 4.20. The molecule has 3 aromatic rings. The Morgan fingerprint density at radius 1 is 1.22 bits per heavy atom. The predicted octanol–water partition coefficient (Wildman–Crippen LogP) is 3.74. The van der Waals surface area contributed by atoms with Crippen LogP contribution in [0.4, 0.5) is 0 Å². The number of nitriles is 1. The SMILES string of the molecule is N#Cc1ccc(CSc2nc3ccccc3c(=O)n2C[C@@H]2CCCO2)cc1. The van der Waals surface area contributed by atoms with Gasteiger partial charge in [0.1, 0.15) is 0 Å². The molecule has 0 bridgehead atoms. The quantitative estimate of drug-likeness (QED) is 0.500. The molecular weight excluding hydrogens is 358 g/mol. The molecule has 1 atom stereocenters. The highest BCUT2D eigenvalue weighted by atomic mass is 32.2. The summed E-state index contributed by atoms with van der Waals surface area (Å²) in [6.07, 6.45) is 2.08. The number of hydrogen-bond donors (Lipinski definition) is 0. The highest BCUT2D eigenvalue weighted by Crippen LogP contribution is 2.24. The number of ether oxygens (including phenoxy) is 1. The van der Waals surface area contributed by atoms with Crippen molar-refractivity contribution in [1.29, 1.82) is 5.26 Å². The summed E-state index contributed by atoms with van der Waals surface area (Å²) in [6, 6.07) is 17.1. The average molecular weight is 377 g/mol. The van der Waals surface area contributed by atoms with E-state index >= 15 is 0 Å². The van der Waals surface area contributed by atoms with Gasteiger partial charge in [0.05, 0.1) is 35.2 Å². The Morgan fingerprint density at radius 3 is 2.78 bits per heavy atom. The zero-order chi connectivity index (χ0) is 18.6. The van der Waals surface area contributed by atoms with Gasteiger partial charge in [0.2, 0.25) is 0 Å². The Morgan fingerprint density at radius 2 is 2.04 bits per heavy atom. The molecule has 6 heteroatoms. The van der Waals surface area contributed by atoms with E-state index in [0.29, 0.717) is 33.9 Å². The molecular formula is C21H19N3O2S. The molecule has 0 spiro atoms. The minimum atomic E-state index is -0.0153. The van der Waals surface area contributed by atoms with Gasteiger partial charge >= 0.3 is 0 Å². The van der Waals surface area contributed by atoms with Crippen LogP contribution < -0.4 is 5.56 Å². The van der Waals surface area contributed by atoms with E-state index in [1.165, 1.54) is 11.8 Å². The molecule has 4 rings (SSSR count). The van der Waals surface area contributed by atoms with Crippen LogP contribution in [0.1, 0.15) is 24.0 Å². The summed E-state index contributed by atoms with van der Waals surface area (Å²) in [5, 5.41) is 10.3. The number of aromatic nitrogens is 2. The monoisotopic (exact) mass is 377 g/mol. The maximum absolute atomic E-state index is 13.0. The normalized spacial score (nSPS) is 16.5. The van der Waals surface area contributed by atoms with E-state index in [-0.39, 0.29) is 11.7 Å². The molecule has 0 saturated carbocycles. The fraction of sp³-hybridized carbons (Fsp3) is 0.286. The van der Waals surface area contributed by atoms with Crippen LogP contribution in [0.3, 0.4) is 0 Å². The van der Waals surface area contributed by atoms with Crippen LogP contribution in [-0.4, -0.2) is 22.3 Å². The first-order valence-corrected chi connectivity index (χ1v) is 9.96. The molecule has 0 amide bonds. The first-order chi connectivity index (χ1) is 13.2. The summed E-state index contributed by atoms with van der Waals surface area (Å²) in [5.41, 5.74) is 2.43. The van der Waals surface area contributed by atoms with Crippen molar-refractivity contribution in [2.24, 2.45) is 0 Å². The zero-order valence-electron chi connectivity index (χ0n) is 14.8. The van der Waals surface area contributed by atoms with Crippen molar-refractivity contribution >= 4 is 22.7 Å². The van der Waals surface area contributed by atoms with Crippen molar-refractivity contribution < 1.29 is 4.74 Å². The molecule has 136 valence electrons. The Bertz CT molecular complexity index is 1050. The molecule has 1 fully saturated rings. The Balaban J connectivity index is 1.66. The van der Waals surface area contributed by atoms with Gasteiger partial charge in [0.25, 0.3) is 5.56 Å². The van der Waals surface area contributed by atoms with Gasteiger partial charge in [-0.05, 0) is 42.7 Å². The number of hydrogen-bond acceptors (Lipinski definition) is 5. The maximum Gasteiger partial charge on any atom is 0.262 e. The summed E-state index contributed by atoms with van der Waals surface area (Å²) in [5.74, 6) is 0.683. The van der Waals surface area contributed by atoms with Crippen LogP contribution in [0, 0.1) is 11.3 Å². The van der Waals surface area contributed by atoms with Gasteiger partial charge in [-0.2, -0.15) is 5.26 Å². The minimum absolute atomic E-state index is 0.0153. The van der Waals surface area contributed by atoms with Crippen LogP contribution >= 0.6 is 11.8 Å². The number of benzene rings is 2. The first-order valence-electron chi connectivity index (χ1n) is 8.97. The molecule has 27 heavy (non-hydrogen) atoms. The van der Waals surface area contributed by atoms with E-state index in [4.69, 9.17) is 15.0 Å². The lowest BCUT2D eigenvalue weighted by molar-refractivity contribution is 0.0937. The van der Waals surface area contributed by atoms with E-state index in [1.807, 2.05) is 48.5 Å². The highest BCUT2D eigenvalue weighted by Gasteiger charge is 2.20. The van der Waals surface area contributed by atoms with Gasteiger partial charge in [-0.25, -0.2) is 4.98 Å². The van der Waals surface area contributed by atoms with Crippen LogP contribution in [0.5, 0.6) is 0 Å². The third-order valence-electron chi connectivity index (χ3n) is 4.69. The maximum atomic E-state index is 13.0. The molecule has 5 nitrogen and oxygen atoms in total. The third-order valence-corrected chi connectivity index (χ3v) is 5.74. The second-order valence-electron chi connectivity index (χ2n) is 6.56. The molecule has 0 aliphatic carbocycles. The van der Waals surface area contributed by atoms with Gasteiger partial charge in [-0.3, -0.25) is 9.36 Å². The third kappa shape index (κ3) is 3.90. The van der Waals surface area contributed by atoms with E-state index in [2.05, 4.69) is 6.07 Å². The van der Waals surface area contributed by atoms with Gasteiger partial charge < -0.3 is 4.74 Å². The van der Waals surface area contributed by atoms with Crippen LogP contribution in [0.25, 0.3) is 10.9 Å². The fourth-order valence-electron chi connectivity index (χ4n) is 3.23. The van der Waals surface area contributed by atoms with Crippen molar-refractivity contribution in [2.75, 3.05) is 6.61 Å². The first kappa shape index (κ1) is 17.8. The van der Waals surface area contributed by atoms with E-state index in [0.717, 1.165) is 25.0 Å². The topological polar surface area (TPSA) is 67.9 Å². The van der Waals surface area contributed by atoms with Crippen molar-refractivity contribution in [1.82, 2.24) is 9.55 Å². The van der Waals surface area contributed by atoms with Crippen LogP contribution in [0.15, 0.2) is 58.5 Å². The Labute approximate surface area is 161 Å². The lowest BCUT2D eigenvalue weighted by Crippen LogP contribution is -2.28. The molecule has 0 N–H and O–H groups in total. The van der Waals surface area contributed by atoms with Crippen molar-refractivity contribution in [3.63, 3.8) is 0 Å². The average Bonchev–Trinajstić information content (AvgIpc) is 3.22. The number of nitrogens with zero attached hydrogens (tertiary/aromatic N) is 3. The van der Waals surface area contributed by atoms with Crippen LogP contribution in [0.2, 0.25) is 0 Å². The molecule has 1 saturated heterocycles. The van der Waals surface area contributed by atoms with E-state index < -0.39 is 0 Å². The molecule has 1 aromatic heterocycles. The highest BCUT2D eigenvalue weighted by molar-refractivity contribution is 7.98. The van der Waals surface area contributed by atoms with Crippen molar-refractivity contribution in [3.8, 4) is 6.07 Å². The molecule has 2 heterocycles. The molecule has 1 aliphatic rings. The smallest absolute Gasteiger partial charge is 0.262 e. The lowest BCUT2D eigenvalue weighted by Gasteiger charge is -2.16. The summed E-state index contributed by atoms with van der Waals surface area (Å²) in [6.45, 7) is 1.29. The van der Waals surface area contributed by atoms with Gasteiger partial charge in [0, 0.05) is 12.4 Å². The summed E-state index contributed by atoms with van der Waals surface area (Å²) in [7, 11) is 0. The molecule has 1 aliphatic heterocycles. The lowest BCUT2D eigenvalue weighted by atomic mass is 10.2. The summed E-state index contributed by atoms with van der Waals surface area (Å²) >= 11 is 1.54. The standard InChI is InChI=1S/C21H19N3O2S/c22-12-15-7-9-16(10-8-15)14-27-21-23-19-6-2-1-5-18(19)20(25)24(21)13-17-4-3-11-26-17/h1-2,5-10,17H,3-4,11,13-14H2/t17-/m0/s1. The van der Waals surface area contributed by atoms with Crippen molar-refractivity contribution in [2.45, 2.75) is 36.4 Å².